The number of hydrogen-bond donors (Lipinski definition) is 1. The summed E-state index contributed by atoms with van der Waals surface area (Å²) in [4.78, 5) is 11.9. The number of hydrogen-bond acceptors (Lipinski definition) is 2. The van der Waals surface area contributed by atoms with Gasteiger partial charge in [-0.3, -0.25) is 4.79 Å². The lowest BCUT2D eigenvalue weighted by Gasteiger charge is -2.15. The smallest absolute Gasteiger partial charge is 0.258 e. The first kappa shape index (κ1) is 16.0. The first-order chi connectivity index (χ1) is 10.4. The molecule has 0 aliphatic heterocycles. The molecule has 116 valence electrons. The number of carbonyl (C=O) groups is 1. The monoisotopic (exact) mass is 301 g/mol. The van der Waals surface area contributed by atoms with E-state index >= 15 is 0 Å². The molecule has 0 bridgehead atoms. The summed E-state index contributed by atoms with van der Waals surface area (Å²) in [5, 5.41) is 2.83. The van der Waals surface area contributed by atoms with Gasteiger partial charge in [0.2, 0.25) is 0 Å². The number of nitrogens with one attached hydrogen (secondary N) is 1. The number of ether oxygens (including phenoxy) is 1. The molecule has 2 aromatic rings. The number of amides is 1. The second-order valence-electron chi connectivity index (χ2n) is 5.45. The summed E-state index contributed by atoms with van der Waals surface area (Å²) in [6.07, 6.45) is 0. The highest BCUT2D eigenvalue weighted by molar-refractivity contribution is 5.78. The predicted molar refractivity (Wildman–Crippen MR) is 84.4 cm³/mol. The second-order valence-corrected chi connectivity index (χ2v) is 5.45. The lowest BCUT2D eigenvalue weighted by molar-refractivity contribution is -0.123. The van der Waals surface area contributed by atoms with Gasteiger partial charge in [0.15, 0.2) is 6.61 Å². The zero-order valence-corrected chi connectivity index (χ0v) is 13.0. The lowest BCUT2D eigenvalue weighted by Crippen LogP contribution is -2.31. The molecular weight excluding hydrogens is 281 g/mol. The molecule has 22 heavy (non-hydrogen) atoms. The lowest BCUT2D eigenvalue weighted by atomic mass is 10.1. The second kappa shape index (κ2) is 7.07. The van der Waals surface area contributed by atoms with Crippen LogP contribution in [0.3, 0.4) is 0 Å². The average Bonchev–Trinajstić information content (AvgIpc) is 2.45. The topological polar surface area (TPSA) is 38.3 Å². The third-order valence-corrected chi connectivity index (χ3v) is 3.31. The molecule has 0 saturated heterocycles. The van der Waals surface area contributed by atoms with Crippen molar-refractivity contribution in [2.45, 2.75) is 26.8 Å². The van der Waals surface area contributed by atoms with Crippen molar-refractivity contribution in [2.75, 3.05) is 6.61 Å². The molecule has 2 rings (SSSR count). The Balaban J connectivity index is 1.88. The molecule has 0 saturated carbocycles. The van der Waals surface area contributed by atoms with Crippen molar-refractivity contribution in [1.29, 1.82) is 0 Å². The van der Waals surface area contributed by atoms with E-state index in [-0.39, 0.29) is 24.4 Å². The van der Waals surface area contributed by atoms with E-state index in [1.54, 1.807) is 12.1 Å². The van der Waals surface area contributed by atoms with Crippen LogP contribution in [0, 0.1) is 19.7 Å². The Hall–Kier alpha value is -2.36. The highest BCUT2D eigenvalue weighted by Gasteiger charge is 2.10. The van der Waals surface area contributed by atoms with Gasteiger partial charge in [-0.2, -0.15) is 0 Å². The summed E-state index contributed by atoms with van der Waals surface area (Å²) in [6.45, 7) is 5.77. The SMILES string of the molecule is Cc1cc(C)cc(OCC(=O)NC(C)c2ccc(F)cc2)c1. The first-order valence-corrected chi connectivity index (χ1v) is 7.20. The maximum atomic E-state index is 12.9. The van der Waals surface area contributed by atoms with Crippen molar-refractivity contribution in [3.8, 4) is 5.75 Å². The average molecular weight is 301 g/mol. The summed E-state index contributed by atoms with van der Waals surface area (Å²) in [6, 6.07) is 11.7. The molecule has 1 unspecified atom stereocenters. The standard InChI is InChI=1S/C18H20FNO2/c1-12-8-13(2)10-17(9-12)22-11-18(21)20-14(3)15-4-6-16(19)7-5-15/h4-10,14H,11H2,1-3H3,(H,20,21). The number of halogens is 1. The van der Waals surface area contributed by atoms with E-state index in [0.717, 1.165) is 16.7 Å². The quantitative estimate of drug-likeness (QED) is 0.914. The van der Waals surface area contributed by atoms with Gasteiger partial charge in [0.05, 0.1) is 6.04 Å². The third kappa shape index (κ3) is 4.58. The van der Waals surface area contributed by atoms with Crippen molar-refractivity contribution in [2.24, 2.45) is 0 Å². The molecule has 3 nitrogen and oxygen atoms in total. The Morgan fingerprint density at radius 2 is 1.73 bits per heavy atom. The number of rotatable bonds is 5. The number of carbonyl (C=O) groups excluding carboxylic acids is 1. The van der Waals surface area contributed by atoms with Crippen LogP contribution in [0.15, 0.2) is 42.5 Å². The molecule has 1 N–H and O–H groups in total. The van der Waals surface area contributed by atoms with Gasteiger partial charge < -0.3 is 10.1 Å². The van der Waals surface area contributed by atoms with Gasteiger partial charge in [0.25, 0.3) is 5.91 Å². The number of aryl methyl sites for hydroxylation is 2. The molecule has 2 aromatic carbocycles. The zero-order valence-electron chi connectivity index (χ0n) is 13.0. The van der Waals surface area contributed by atoms with Crippen LogP contribution in [-0.4, -0.2) is 12.5 Å². The van der Waals surface area contributed by atoms with E-state index in [1.807, 2.05) is 39.0 Å². The molecule has 0 heterocycles. The first-order valence-electron chi connectivity index (χ1n) is 7.20. The van der Waals surface area contributed by atoms with Gasteiger partial charge in [-0.05, 0) is 61.7 Å². The minimum atomic E-state index is -0.291. The fourth-order valence-corrected chi connectivity index (χ4v) is 2.28. The van der Waals surface area contributed by atoms with E-state index in [4.69, 9.17) is 4.74 Å². The summed E-state index contributed by atoms with van der Waals surface area (Å²) < 4.78 is 18.4. The molecule has 0 aliphatic rings. The van der Waals surface area contributed by atoms with Crippen LogP contribution in [0.5, 0.6) is 5.75 Å². The fourth-order valence-electron chi connectivity index (χ4n) is 2.28. The van der Waals surface area contributed by atoms with Crippen molar-refractivity contribution in [3.63, 3.8) is 0 Å². The summed E-state index contributed by atoms with van der Waals surface area (Å²) in [7, 11) is 0. The van der Waals surface area contributed by atoms with Crippen LogP contribution in [0.1, 0.15) is 29.7 Å². The molecule has 0 spiro atoms. The maximum Gasteiger partial charge on any atom is 0.258 e. The highest BCUT2D eigenvalue weighted by Crippen LogP contribution is 2.16. The molecule has 0 fully saturated rings. The molecular formula is C18H20FNO2. The predicted octanol–water partition coefficient (Wildman–Crippen LogP) is 3.70. The summed E-state index contributed by atoms with van der Waals surface area (Å²) in [5.41, 5.74) is 3.03. The highest BCUT2D eigenvalue weighted by atomic mass is 19.1. The zero-order chi connectivity index (χ0) is 16.1. The molecule has 1 amide bonds. The van der Waals surface area contributed by atoms with Crippen LogP contribution in [-0.2, 0) is 4.79 Å². The third-order valence-electron chi connectivity index (χ3n) is 3.31. The molecule has 1 atom stereocenters. The van der Waals surface area contributed by atoms with E-state index in [2.05, 4.69) is 5.32 Å². The Kier molecular flexibility index (Phi) is 5.15. The Morgan fingerprint density at radius 1 is 1.14 bits per heavy atom. The van der Waals surface area contributed by atoms with Gasteiger partial charge >= 0.3 is 0 Å². The molecule has 0 aliphatic carbocycles. The maximum absolute atomic E-state index is 12.9. The van der Waals surface area contributed by atoms with E-state index in [0.29, 0.717) is 5.75 Å². The van der Waals surface area contributed by atoms with Crippen LogP contribution in [0.25, 0.3) is 0 Å². The normalized spacial score (nSPS) is 11.8. The number of benzene rings is 2. The Morgan fingerprint density at radius 3 is 2.32 bits per heavy atom. The van der Waals surface area contributed by atoms with Crippen LogP contribution in [0.4, 0.5) is 4.39 Å². The van der Waals surface area contributed by atoms with Gasteiger partial charge in [-0.15, -0.1) is 0 Å². The Labute approximate surface area is 130 Å². The van der Waals surface area contributed by atoms with E-state index in [1.165, 1.54) is 12.1 Å². The van der Waals surface area contributed by atoms with Crippen LogP contribution in [0.2, 0.25) is 0 Å². The largest absolute Gasteiger partial charge is 0.484 e. The van der Waals surface area contributed by atoms with Crippen molar-refractivity contribution < 1.29 is 13.9 Å². The van der Waals surface area contributed by atoms with Crippen molar-refractivity contribution >= 4 is 5.91 Å². The van der Waals surface area contributed by atoms with Gasteiger partial charge in [-0.1, -0.05) is 18.2 Å². The minimum Gasteiger partial charge on any atom is -0.484 e. The van der Waals surface area contributed by atoms with Crippen molar-refractivity contribution in [3.05, 3.63) is 65.0 Å². The van der Waals surface area contributed by atoms with Gasteiger partial charge in [0.1, 0.15) is 11.6 Å². The van der Waals surface area contributed by atoms with E-state index in [9.17, 15) is 9.18 Å². The fraction of sp³-hybridized carbons (Fsp3) is 0.278. The molecule has 0 radical (unpaired) electrons. The minimum absolute atomic E-state index is 0.0472. The van der Waals surface area contributed by atoms with Crippen LogP contribution >= 0.6 is 0 Å². The van der Waals surface area contributed by atoms with E-state index < -0.39 is 0 Å². The molecule has 4 heteroatoms. The van der Waals surface area contributed by atoms with Crippen LogP contribution < -0.4 is 10.1 Å². The molecule has 0 aromatic heterocycles. The van der Waals surface area contributed by atoms with Crippen molar-refractivity contribution in [1.82, 2.24) is 5.32 Å². The van der Waals surface area contributed by atoms with Gasteiger partial charge in [-0.25, -0.2) is 4.39 Å². The summed E-state index contributed by atoms with van der Waals surface area (Å²) >= 11 is 0. The summed E-state index contributed by atoms with van der Waals surface area (Å²) in [5.74, 6) is 0.179. The van der Waals surface area contributed by atoms with Gasteiger partial charge in [0, 0.05) is 0 Å². The Bertz CT molecular complexity index is 632.